The number of aromatic nitrogens is 3. The van der Waals surface area contributed by atoms with Gasteiger partial charge in [0.15, 0.2) is 5.82 Å². The second-order valence-corrected chi connectivity index (χ2v) is 6.34. The van der Waals surface area contributed by atoms with Crippen LogP contribution >= 0.6 is 0 Å². The van der Waals surface area contributed by atoms with Gasteiger partial charge in [-0.05, 0) is 37.1 Å². The number of hydrogen-bond donors (Lipinski definition) is 0. The third-order valence-corrected chi connectivity index (χ3v) is 4.88. The van der Waals surface area contributed by atoms with Crippen LogP contribution in [0.1, 0.15) is 26.7 Å². The van der Waals surface area contributed by atoms with E-state index in [9.17, 15) is 4.79 Å². The van der Waals surface area contributed by atoms with Crippen LogP contribution in [0.25, 0.3) is 11.3 Å². The molecule has 1 aliphatic heterocycles. The van der Waals surface area contributed by atoms with E-state index in [1.165, 1.54) is 0 Å². The van der Waals surface area contributed by atoms with Crippen LogP contribution < -0.4 is 4.90 Å². The summed E-state index contributed by atoms with van der Waals surface area (Å²) in [5.41, 5.74) is 1.85. The van der Waals surface area contributed by atoms with Crippen LogP contribution in [0.5, 0.6) is 0 Å². The summed E-state index contributed by atoms with van der Waals surface area (Å²) < 4.78 is 0. The molecule has 0 radical (unpaired) electrons. The minimum absolute atomic E-state index is 0.158. The van der Waals surface area contributed by atoms with E-state index in [4.69, 9.17) is 0 Å². The van der Waals surface area contributed by atoms with Crippen LogP contribution in [0, 0.1) is 5.92 Å². The van der Waals surface area contributed by atoms with Gasteiger partial charge in [-0.15, -0.1) is 10.2 Å². The van der Waals surface area contributed by atoms with Gasteiger partial charge in [-0.1, -0.05) is 13.8 Å². The molecule has 0 aromatic carbocycles. The lowest BCUT2D eigenvalue weighted by Gasteiger charge is -2.36. The van der Waals surface area contributed by atoms with Crippen molar-refractivity contribution >= 4 is 11.7 Å². The number of amides is 1. The maximum absolute atomic E-state index is 12.5. The summed E-state index contributed by atoms with van der Waals surface area (Å²) in [7, 11) is 0. The lowest BCUT2D eigenvalue weighted by Crippen LogP contribution is -2.50. The molecule has 6 heteroatoms. The second kappa shape index (κ2) is 8.05. The molecular formula is C19H25N5O. The molecule has 25 heavy (non-hydrogen) atoms. The van der Waals surface area contributed by atoms with Gasteiger partial charge in [0, 0.05) is 50.1 Å². The Bertz CT molecular complexity index is 677. The molecule has 1 aliphatic rings. The lowest BCUT2D eigenvalue weighted by molar-refractivity contribution is -0.136. The molecule has 0 saturated carbocycles. The van der Waals surface area contributed by atoms with Crippen LogP contribution in [-0.2, 0) is 4.79 Å². The summed E-state index contributed by atoms with van der Waals surface area (Å²) in [6.07, 6.45) is 5.33. The summed E-state index contributed by atoms with van der Waals surface area (Å²) in [5, 5.41) is 8.70. The van der Waals surface area contributed by atoms with Crippen molar-refractivity contribution in [3.63, 3.8) is 0 Å². The molecule has 1 amide bonds. The topological polar surface area (TPSA) is 62.2 Å². The van der Waals surface area contributed by atoms with Gasteiger partial charge >= 0.3 is 0 Å². The molecule has 3 heterocycles. The molecule has 0 N–H and O–H groups in total. The molecule has 0 unspecified atom stereocenters. The average Bonchev–Trinajstić information content (AvgIpc) is 2.70. The molecule has 1 fully saturated rings. The number of hydrogen-bond acceptors (Lipinski definition) is 5. The summed E-state index contributed by atoms with van der Waals surface area (Å²) in [6, 6.07) is 7.83. The van der Waals surface area contributed by atoms with E-state index in [1.54, 1.807) is 12.4 Å². The van der Waals surface area contributed by atoms with Crippen LogP contribution in [0.3, 0.4) is 0 Å². The normalized spacial score (nSPS) is 14.8. The van der Waals surface area contributed by atoms with Crippen molar-refractivity contribution < 1.29 is 4.79 Å². The predicted molar refractivity (Wildman–Crippen MR) is 98.1 cm³/mol. The fourth-order valence-electron chi connectivity index (χ4n) is 3.22. The van der Waals surface area contributed by atoms with Crippen molar-refractivity contribution in [1.82, 2.24) is 20.1 Å². The van der Waals surface area contributed by atoms with E-state index in [2.05, 4.69) is 33.9 Å². The van der Waals surface area contributed by atoms with E-state index in [1.807, 2.05) is 29.2 Å². The van der Waals surface area contributed by atoms with Gasteiger partial charge in [0.1, 0.15) is 0 Å². The number of carbonyl (C=O) groups is 1. The van der Waals surface area contributed by atoms with Gasteiger partial charge in [-0.25, -0.2) is 0 Å². The molecule has 0 aliphatic carbocycles. The lowest BCUT2D eigenvalue weighted by atomic mass is 10.0. The van der Waals surface area contributed by atoms with Gasteiger partial charge in [0.25, 0.3) is 0 Å². The smallest absolute Gasteiger partial charge is 0.225 e. The number of piperazine rings is 1. The van der Waals surface area contributed by atoms with E-state index >= 15 is 0 Å². The first-order chi connectivity index (χ1) is 12.2. The molecule has 2 aromatic rings. The minimum Gasteiger partial charge on any atom is -0.352 e. The first-order valence-corrected chi connectivity index (χ1v) is 9.00. The average molecular weight is 339 g/mol. The van der Waals surface area contributed by atoms with E-state index in [0.717, 1.165) is 56.1 Å². The van der Waals surface area contributed by atoms with Gasteiger partial charge < -0.3 is 9.80 Å². The van der Waals surface area contributed by atoms with Crippen LogP contribution in [0.15, 0.2) is 36.7 Å². The standard InChI is InChI=1S/C19H25N5O/c1-3-15(4-2)19(25)24-13-11-23(12-14-24)18-6-5-17(21-22-18)16-7-9-20-10-8-16/h5-10,15H,3-4,11-14H2,1-2H3. The molecular weight excluding hydrogens is 314 g/mol. The van der Waals surface area contributed by atoms with E-state index in [0.29, 0.717) is 5.91 Å². The Kier molecular flexibility index (Phi) is 5.58. The summed E-state index contributed by atoms with van der Waals surface area (Å²) in [4.78, 5) is 20.7. The van der Waals surface area contributed by atoms with Gasteiger partial charge in [-0.3, -0.25) is 9.78 Å². The SMILES string of the molecule is CCC(CC)C(=O)N1CCN(c2ccc(-c3ccncc3)nn2)CC1. The highest BCUT2D eigenvalue weighted by Crippen LogP contribution is 2.20. The Hall–Kier alpha value is -2.50. The highest BCUT2D eigenvalue weighted by atomic mass is 16.2. The zero-order valence-corrected chi connectivity index (χ0v) is 14.9. The molecule has 0 bridgehead atoms. The Morgan fingerprint density at radius 2 is 1.68 bits per heavy atom. The quantitative estimate of drug-likeness (QED) is 0.838. The van der Waals surface area contributed by atoms with Crippen LogP contribution in [0.2, 0.25) is 0 Å². The van der Waals surface area contributed by atoms with Crippen molar-refractivity contribution in [2.45, 2.75) is 26.7 Å². The monoisotopic (exact) mass is 339 g/mol. The largest absolute Gasteiger partial charge is 0.352 e. The van der Waals surface area contributed by atoms with E-state index in [-0.39, 0.29) is 5.92 Å². The number of carbonyl (C=O) groups excluding carboxylic acids is 1. The van der Waals surface area contributed by atoms with Crippen molar-refractivity contribution in [1.29, 1.82) is 0 Å². The first kappa shape index (κ1) is 17.3. The molecule has 1 saturated heterocycles. The van der Waals surface area contributed by atoms with Crippen molar-refractivity contribution in [3.8, 4) is 11.3 Å². The summed E-state index contributed by atoms with van der Waals surface area (Å²) in [5.74, 6) is 1.32. The van der Waals surface area contributed by atoms with Crippen molar-refractivity contribution in [2.75, 3.05) is 31.1 Å². The number of pyridine rings is 1. The Morgan fingerprint density at radius 3 is 2.24 bits per heavy atom. The third-order valence-electron chi connectivity index (χ3n) is 4.88. The van der Waals surface area contributed by atoms with Gasteiger partial charge in [0.05, 0.1) is 5.69 Å². The predicted octanol–water partition coefficient (Wildman–Crippen LogP) is 2.62. The maximum atomic E-state index is 12.5. The molecule has 2 aromatic heterocycles. The van der Waals surface area contributed by atoms with Gasteiger partial charge in [-0.2, -0.15) is 0 Å². The highest BCUT2D eigenvalue weighted by Gasteiger charge is 2.26. The molecule has 0 spiro atoms. The van der Waals surface area contributed by atoms with Crippen molar-refractivity contribution in [3.05, 3.63) is 36.7 Å². The highest BCUT2D eigenvalue weighted by molar-refractivity contribution is 5.79. The number of rotatable bonds is 5. The number of nitrogens with zero attached hydrogens (tertiary/aromatic N) is 5. The summed E-state index contributed by atoms with van der Waals surface area (Å²) >= 11 is 0. The molecule has 0 atom stereocenters. The Morgan fingerprint density at radius 1 is 1.00 bits per heavy atom. The van der Waals surface area contributed by atoms with Crippen LogP contribution in [0.4, 0.5) is 5.82 Å². The second-order valence-electron chi connectivity index (χ2n) is 6.34. The molecule has 6 nitrogen and oxygen atoms in total. The fourth-order valence-corrected chi connectivity index (χ4v) is 3.22. The van der Waals surface area contributed by atoms with Gasteiger partial charge in [0.2, 0.25) is 5.91 Å². The Labute approximate surface area is 148 Å². The zero-order valence-electron chi connectivity index (χ0n) is 14.9. The molecule has 132 valence electrons. The van der Waals surface area contributed by atoms with Crippen LogP contribution in [-0.4, -0.2) is 52.2 Å². The maximum Gasteiger partial charge on any atom is 0.225 e. The first-order valence-electron chi connectivity index (χ1n) is 9.00. The molecule has 3 rings (SSSR count). The number of anilines is 1. The van der Waals surface area contributed by atoms with E-state index < -0.39 is 0 Å². The third kappa shape index (κ3) is 3.95. The van der Waals surface area contributed by atoms with Crippen molar-refractivity contribution in [2.24, 2.45) is 5.92 Å². The zero-order chi connectivity index (χ0) is 17.6. The summed E-state index contributed by atoms with van der Waals surface area (Å²) in [6.45, 7) is 7.28. The minimum atomic E-state index is 0.158. The fraction of sp³-hybridized carbons (Fsp3) is 0.474. The Balaban J connectivity index is 1.61.